The molecule has 0 radical (unpaired) electrons. The molecule has 3 rings (SSSR count). The van der Waals surface area contributed by atoms with Gasteiger partial charge in [-0.05, 0) is 0 Å². The lowest BCUT2D eigenvalue weighted by Gasteiger charge is -2.14. The molecule has 6 N–H and O–H groups in total. The first-order chi connectivity index (χ1) is 9.52. The van der Waals surface area contributed by atoms with E-state index in [1.165, 1.54) is 4.68 Å². The fourth-order valence-corrected chi connectivity index (χ4v) is 2.36. The smallest absolute Gasteiger partial charge is 0.200 e. The molecule has 20 heavy (non-hydrogen) atoms. The van der Waals surface area contributed by atoms with E-state index in [1.54, 1.807) is 0 Å². The van der Waals surface area contributed by atoms with Gasteiger partial charge in [0.1, 0.15) is 18.3 Å². The summed E-state index contributed by atoms with van der Waals surface area (Å²) in [5.41, 5.74) is 6.19. The Morgan fingerprint density at radius 2 is 2.15 bits per heavy atom. The van der Waals surface area contributed by atoms with Gasteiger partial charge in [-0.1, -0.05) is 17.4 Å². The van der Waals surface area contributed by atoms with Gasteiger partial charge < -0.3 is 30.8 Å². The van der Waals surface area contributed by atoms with Gasteiger partial charge in [0, 0.05) is 0 Å². The number of aromatic nitrogens is 5. The molecule has 1 saturated heterocycles. The predicted molar refractivity (Wildman–Crippen MR) is 67.9 cm³/mol. The molecule has 0 spiro atoms. The summed E-state index contributed by atoms with van der Waals surface area (Å²) in [5, 5.41) is 36.5. The molecular formula is C9H12N6O4S. The average Bonchev–Trinajstić information content (AvgIpc) is 2.93. The van der Waals surface area contributed by atoms with E-state index >= 15 is 0 Å². The molecule has 2 aromatic heterocycles. The lowest BCUT2D eigenvalue weighted by molar-refractivity contribution is -0.0574. The van der Waals surface area contributed by atoms with Crippen molar-refractivity contribution in [3.63, 3.8) is 0 Å². The van der Waals surface area contributed by atoms with E-state index in [0.717, 1.165) is 0 Å². The number of nitrogens with one attached hydrogen (secondary N) is 1. The van der Waals surface area contributed by atoms with Crippen molar-refractivity contribution < 1.29 is 20.1 Å². The summed E-state index contributed by atoms with van der Waals surface area (Å²) < 4.78 is 6.74. The Morgan fingerprint density at radius 3 is 2.80 bits per heavy atom. The number of nitrogen functional groups attached to an aromatic ring is 1. The predicted octanol–water partition coefficient (Wildman–Crippen LogP) is -1.92. The number of ether oxygens (including phenoxy) is 1. The normalized spacial score (nSPS) is 30.1. The van der Waals surface area contributed by atoms with Crippen molar-refractivity contribution in [3.8, 4) is 0 Å². The Hall–Kier alpha value is -1.66. The zero-order valence-electron chi connectivity index (χ0n) is 10.0. The largest absolute Gasteiger partial charge is 0.394 e. The molecule has 0 amide bonds. The van der Waals surface area contributed by atoms with Crippen LogP contribution in [0.2, 0.25) is 0 Å². The van der Waals surface area contributed by atoms with Crippen LogP contribution in [0.25, 0.3) is 11.2 Å². The molecule has 108 valence electrons. The first-order valence-electron chi connectivity index (χ1n) is 5.76. The van der Waals surface area contributed by atoms with Crippen molar-refractivity contribution in [1.29, 1.82) is 0 Å². The van der Waals surface area contributed by atoms with Gasteiger partial charge in [0.2, 0.25) is 5.95 Å². The molecular weight excluding hydrogens is 288 g/mol. The van der Waals surface area contributed by atoms with Gasteiger partial charge in [0.25, 0.3) is 0 Å². The maximum Gasteiger partial charge on any atom is 0.200 e. The molecule has 1 fully saturated rings. The van der Waals surface area contributed by atoms with E-state index in [4.69, 9.17) is 27.8 Å². The van der Waals surface area contributed by atoms with Crippen LogP contribution in [0.5, 0.6) is 0 Å². The Balaban J connectivity index is 2.09. The van der Waals surface area contributed by atoms with Crippen LogP contribution >= 0.6 is 12.2 Å². The summed E-state index contributed by atoms with van der Waals surface area (Å²) in [6.07, 6.45) is -4.42. The molecule has 3 heterocycles. The molecule has 0 aromatic carbocycles. The summed E-state index contributed by atoms with van der Waals surface area (Å²) >= 11 is 5.01. The number of rotatable bonds is 2. The third kappa shape index (κ3) is 1.87. The van der Waals surface area contributed by atoms with Gasteiger partial charge >= 0.3 is 0 Å². The zero-order chi connectivity index (χ0) is 14.4. The van der Waals surface area contributed by atoms with E-state index < -0.39 is 31.1 Å². The van der Waals surface area contributed by atoms with Gasteiger partial charge in [-0.25, -0.2) is 4.98 Å². The molecule has 10 nitrogen and oxygen atoms in total. The maximum atomic E-state index is 9.97. The van der Waals surface area contributed by atoms with Gasteiger partial charge in [0.15, 0.2) is 22.0 Å². The number of aliphatic hydroxyl groups is 3. The standard InChI is InChI=1S/C9H12N6O4S/c10-9-11-6-3(7(20)12-9)13-14-15(6)8-5(18)4(17)2(1-16)19-8/h2,4-5,8,16-18H,1H2,(H3,10,11,12,20)/t2-,4-,5-,8-/m1/s1. The molecule has 0 bridgehead atoms. The second-order valence-electron chi connectivity index (χ2n) is 4.39. The zero-order valence-corrected chi connectivity index (χ0v) is 10.9. The van der Waals surface area contributed by atoms with E-state index in [2.05, 4.69) is 20.3 Å². The van der Waals surface area contributed by atoms with Crippen molar-refractivity contribution >= 4 is 29.3 Å². The van der Waals surface area contributed by atoms with Crippen LogP contribution in [0.15, 0.2) is 0 Å². The molecule has 0 aliphatic carbocycles. The topological polar surface area (TPSA) is 155 Å². The van der Waals surface area contributed by atoms with Gasteiger partial charge in [-0.15, -0.1) is 5.10 Å². The summed E-state index contributed by atoms with van der Waals surface area (Å²) in [5.74, 6) is 0.0674. The van der Waals surface area contributed by atoms with Crippen molar-refractivity contribution in [2.45, 2.75) is 24.5 Å². The summed E-state index contributed by atoms with van der Waals surface area (Å²) in [7, 11) is 0. The van der Waals surface area contributed by atoms with Crippen molar-refractivity contribution in [2.24, 2.45) is 0 Å². The molecule has 4 atom stereocenters. The van der Waals surface area contributed by atoms with Gasteiger partial charge in [-0.3, -0.25) is 0 Å². The minimum Gasteiger partial charge on any atom is -0.394 e. The highest BCUT2D eigenvalue weighted by atomic mass is 32.1. The van der Waals surface area contributed by atoms with Crippen LogP contribution in [0.4, 0.5) is 5.95 Å². The first kappa shape index (κ1) is 13.3. The van der Waals surface area contributed by atoms with E-state index in [9.17, 15) is 10.2 Å². The quantitative estimate of drug-likeness (QED) is 0.399. The number of H-pyrrole nitrogens is 1. The van der Waals surface area contributed by atoms with Crippen molar-refractivity contribution in [3.05, 3.63) is 4.64 Å². The molecule has 0 unspecified atom stereocenters. The lowest BCUT2D eigenvalue weighted by atomic mass is 10.1. The number of nitrogens with two attached hydrogens (primary N) is 1. The highest BCUT2D eigenvalue weighted by Crippen LogP contribution is 2.30. The summed E-state index contributed by atoms with van der Waals surface area (Å²) in [6, 6.07) is 0. The SMILES string of the molecule is Nc1nc(=S)c2nnn([C@@H]3O[C@H](CO)[C@@H](O)[C@H]3O)c2[nH]1. The Morgan fingerprint density at radius 1 is 1.40 bits per heavy atom. The number of hydrogen-bond acceptors (Lipinski definition) is 9. The number of fused-ring (bicyclic) bond motifs is 1. The van der Waals surface area contributed by atoms with E-state index in [0.29, 0.717) is 11.2 Å². The Bertz CT molecular complexity index is 701. The Labute approximate surface area is 116 Å². The number of nitrogens with zero attached hydrogens (tertiary/aromatic N) is 4. The molecule has 1 aliphatic heterocycles. The molecule has 2 aromatic rings. The number of aliphatic hydroxyl groups excluding tert-OH is 3. The van der Waals surface area contributed by atoms with Crippen LogP contribution in [0.3, 0.4) is 0 Å². The third-order valence-electron chi connectivity index (χ3n) is 3.12. The summed E-state index contributed by atoms with van der Waals surface area (Å²) in [4.78, 5) is 6.56. The molecule has 11 heteroatoms. The monoisotopic (exact) mass is 300 g/mol. The Kier molecular flexibility index (Phi) is 3.14. The van der Waals surface area contributed by atoms with Crippen LogP contribution in [-0.2, 0) is 4.74 Å². The maximum absolute atomic E-state index is 9.97. The minimum atomic E-state index is -1.27. The van der Waals surface area contributed by atoms with Crippen LogP contribution in [-0.4, -0.2) is 65.2 Å². The van der Waals surface area contributed by atoms with Gasteiger partial charge in [-0.2, -0.15) is 4.68 Å². The minimum absolute atomic E-state index is 0.0674. The van der Waals surface area contributed by atoms with Crippen LogP contribution in [0, 0.1) is 4.64 Å². The number of hydrogen-bond donors (Lipinski definition) is 5. The lowest BCUT2D eigenvalue weighted by Crippen LogP contribution is -2.33. The molecule has 0 saturated carbocycles. The fraction of sp³-hybridized carbons (Fsp3) is 0.556. The highest BCUT2D eigenvalue weighted by Gasteiger charge is 2.44. The second-order valence-corrected chi connectivity index (χ2v) is 4.77. The van der Waals surface area contributed by atoms with E-state index in [1.807, 2.05) is 0 Å². The van der Waals surface area contributed by atoms with Crippen molar-refractivity contribution in [1.82, 2.24) is 25.0 Å². The van der Waals surface area contributed by atoms with Crippen molar-refractivity contribution in [2.75, 3.05) is 12.3 Å². The number of aromatic amines is 1. The summed E-state index contributed by atoms with van der Waals surface area (Å²) in [6.45, 7) is -0.430. The van der Waals surface area contributed by atoms with Crippen LogP contribution in [0.1, 0.15) is 6.23 Å². The van der Waals surface area contributed by atoms with E-state index in [-0.39, 0.29) is 10.6 Å². The number of anilines is 1. The second kappa shape index (κ2) is 4.71. The van der Waals surface area contributed by atoms with Crippen LogP contribution < -0.4 is 5.73 Å². The highest BCUT2D eigenvalue weighted by molar-refractivity contribution is 7.71. The van der Waals surface area contributed by atoms with Gasteiger partial charge in [0.05, 0.1) is 6.61 Å². The third-order valence-corrected chi connectivity index (χ3v) is 3.41. The fourth-order valence-electron chi connectivity index (χ4n) is 2.13. The molecule has 1 aliphatic rings. The first-order valence-corrected chi connectivity index (χ1v) is 6.17. The average molecular weight is 300 g/mol.